The van der Waals surface area contributed by atoms with Crippen LogP contribution in [0.5, 0.6) is 5.75 Å². The molecule has 0 bridgehead atoms. The zero-order valence-electron chi connectivity index (χ0n) is 14.0. The van der Waals surface area contributed by atoms with Crippen molar-refractivity contribution >= 4 is 11.6 Å². The first kappa shape index (κ1) is 17.6. The molecule has 1 aliphatic rings. The molecule has 1 fully saturated rings. The van der Waals surface area contributed by atoms with Crippen molar-refractivity contribution in [2.24, 2.45) is 5.92 Å². The number of anilines is 1. The van der Waals surface area contributed by atoms with E-state index in [1.165, 1.54) is 0 Å². The van der Waals surface area contributed by atoms with Crippen LogP contribution in [0.25, 0.3) is 0 Å². The molecule has 0 spiro atoms. The van der Waals surface area contributed by atoms with Gasteiger partial charge in [-0.1, -0.05) is 0 Å². The summed E-state index contributed by atoms with van der Waals surface area (Å²) in [6.45, 7) is 4.41. The van der Waals surface area contributed by atoms with Crippen molar-refractivity contribution in [3.63, 3.8) is 0 Å². The van der Waals surface area contributed by atoms with Gasteiger partial charge in [-0.2, -0.15) is 0 Å². The standard InChI is InChI=1S/C17H26N2O4/c1-17(2,18-13-4-6-14(23-3)7-5-13)16(22)19-9-8-12(11-20)15(21)10-19/h4-7,12,15,18,20-21H,8-11H2,1-3H3/t12-,15+/m1/s1. The number of nitrogens with one attached hydrogen (secondary N) is 1. The first-order valence-corrected chi connectivity index (χ1v) is 7.88. The smallest absolute Gasteiger partial charge is 0.247 e. The highest BCUT2D eigenvalue weighted by Crippen LogP contribution is 2.24. The summed E-state index contributed by atoms with van der Waals surface area (Å²) >= 11 is 0. The Morgan fingerprint density at radius 1 is 1.39 bits per heavy atom. The van der Waals surface area contributed by atoms with E-state index >= 15 is 0 Å². The highest BCUT2D eigenvalue weighted by Gasteiger charge is 2.36. The first-order chi connectivity index (χ1) is 10.9. The summed E-state index contributed by atoms with van der Waals surface area (Å²) in [5, 5.41) is 22.4. The third kappa shape index (κ3) is 4.14. The average Bonchev–Trinajstić information content (AvgIpc) is 2.54. The Balaban J connectivity index is 2.01. The van der Waals surface area contributed by atoms with E-state index in [9.17, 15) is 15.0 Å². The normalized spacial score (nSPS) is 21.9. The number of hydrogen-bond acceptors (Lipinski definition) is 5. The summed E-state index contributed by atoms with van der Waals surface area (Å²) in [6.07, 6.45) is -0.0587. The lowest BCUT2D eigenvalue weighted by Gasteiger charge is -2.39. The van der Waals surface area contributed by atoms with Gasteiger partial charge in [-0.05, 0) is 44.5 Å². The van der Waals surface area contributed by atoms with Gasteiger partial charge in [0.1, 0.15) is 11.3 Å². The van der Waals surface area contributed by atoms with Gasteiger partial charge in [-0.3, -0.25) is 4.79 Å². The van der Waals surface area contributed by atoms with Crippen molar-refractivity contribution in [1.82, 2.24) is 4.90 Å². The van der Waals surface area contributed by atoms with Gasteiger partial charge in [0, 0.05) is 31.3 Å². The van der Waals surface area contributed by atoms with Crippen molar-refractivity contribution in [3.8, 4) is 5.75 Å². The zero-order chi connectivity index (χ0) is 17.0. The second-order valence-electron chi connectivity index (χ2n) is 6.53. The van der Waals surface area contributed by atoms with Crippen LogP contribution in [0.4, 0.5) is 5.69 Å². The largest absolute Gasteiger partial charge is 0.497 e. The maximum Gasteiger partial charge on any atom is 0.247 e. The average molecular weight is 322 g/mol. The number of hydrogen-bond donors (Lipinski definition) is 3. The predicted octanol–water partition coefficient (Wildman–Crippen LogP) is 1.09. The van der Waals surface area contributed by atoms with Gasteiger partial charge < -0.3 is 25.2 Å². The second kappa shape index (κ2) is 7.19. The number of aliphatic hydroxyl groups excluding tert-OH is 2. The van der Waals surface area contributed by atoms with Gasteiger partial charge in [0.15, 0.2) is 0 Å². The van der Waals surface area contributed by atoms with E-state index in [0.717, 1.165) is 11.4 Å². The van der Waals surface area contributed by atoms with Crippen molar-refractivity contribution in [2.45, 2.75) is 31.9 Å². The van der Waals surface area contributed by atoms with Crippen LogP contribution in [0.15, 0.2) is 24.3 Å². The summed E-state index contributed by atoms with van der Waals surface area (Å²) < 4.78 is 5.12. The van der Waals surface area contributed by atoms with E-state index in [1.807, 2.05) is 38.1 Å². The quantitative estimate of drug-likeness (QED) is 0.756. The molecule has 0 aliphatic carbocycles. The number of nitrogens with zero attached hydrogens (tertiary/aromatic N) is 1. The molecule has 0 aromatic heterocycles. The van der Waals surface area contributed by atoms with Gasteiger partial charge in [-0.15, -0.1) is 0 Å². The Hall–Kier alpha value is -1.79. The molecular formula is C17H26N2O4. The van der Waals surface area contributed by atoms with Crippen LogP contribution in [-0.2, 0) is 4.79 Å². The summed E-state index contributed by atoms with van der Waals surface area (Å²) in [6, 6.07) is 7.39. The molecule has 1 amide bonds. The molecule has 6 nitrogen and oxygen atoms in total. The number of aliphatic hydroxyl groups is 2. The lowest BCUT2D eigenvalue weighted by Crippen LogP contribution is -2.55. The fraction of sp³-hybridized carbons (Fsp3) is 0.588. The van der Waals surface area contributed by atoms with E-state index < -0.39 is 11.6 Å². The molecule has 2 rings (SSSR count). The number of ether oxygens (including phenoxy) is 1. The lowest BCUT2D eigenvalue weighted by atomic mass is 9.92. The SMILES string of the molecule is COc1ccc(NC(C)(C)C(=O)N2CC[C@H](CO)[C@@H](O)C2)cc1. The van der Waals surface area contributed by atoms with E-state index in [-0.39, 0.29) is 25.0 Å². The van der Waals surface area contributed by atoms with Crippen molar-refractivity contribution < 1.29 is 19.7 Å². The summed E-state index contributed by atoms with van der Waals surface area (Å²) in [5.74, 6) is 0.550. The molecule has 128 valence electrons. The molecule has 1 aromatic rings. The van der Waals surface area contributed by atoms with Gasteiger partial charge in [0.2, 0.25) is 5.91 Å². The molecule has 1 heterocycles. The Bertz CT molecular complexity index is 530. The van der Waals surface area contributed by atoms with Crippen LogP contribution >= 0.6 is 0 Å². The molecule has 0 saturated carbocycles. The topological polar surface area (TPSA) is 82.0 Å². The molecule has 6 heteroatoms. The van der Waals surface area contributed by atoms with Gasteiger partial charge in [0.25, 0.3) is 0 Å². The zero-order valence-corrected chi connectivity index (χ0v) is 14.0. The molecule has 3 N–H and O–H groups in total. The Kier molecular flexibility index (Phi) is 5.49. The van der Waals surface area contributed by atoms with Crippen molar-refractivity contribution in [3.05, 3.63) is 24.3 Å². The molecule has 2 atom stereocenters. The fourth-order valence-corrected chi connectivity index (χ4v) is 2.86. The number of rotatable bonds is 5. The van der Waals surface area contributed by atoms with Crippen molar-refractivity contribution in [1.29, 1.82) is 0 Å². The van der Waals surface area contributed by atoms with Gasteiger partial charge in [0.05, 0.1) is 13.2 Å². The molecule has 1 aromatic carbocycles. The molecule has 23 heavy (non-hydrogen) atoms. The number of carbonyl (C=O) groups is 1. The van der Waals surface area contributed by atoms with Crippen LogP contribution in [-0.4, -0.2) is 59.5 Å². The second-order valence-corrected chi connectivity index (χ2v) is 6.53. The number of carbonyl (C=O) groups excluding carboxylic acids is 1. The van der Waals surface area contributed by atoms with Gasteiger partial charge in [-0.25, -0.2) is 0 Å². The number of benzene rings is 1. The molecule has 1 aliphatic heterocycles. The number of methoxy groups -OCH3 is 1. The molecule has 0 unspecified atom stereocenters. The predicted molar refractivity (Wildman–Crippen MR) is 88.5 cm³/mol. The number of piperidine rings is 1. The third-order valence-corrected chi connectivity index (χ3v) is 4.32. The highest BCUT2D eigenvalue weighted by molar-refractivity contribution is 5.88. The number of β-amino-alcohol motifs (C(OH)–C–C–N with tert-alkyl or cyclic N) is 1. The molecule has 1 saturated heterocycles. The maximum absolute atomic E-state index is 12.8. The minimum absolute atomic E-state index is 0.0450. The third-order valence-electron chi connectivity index (χ3n) is 4.32. The lowest BCUT2D eigenvalue weighted by molar-refractivity contribution is -0.140. The van der Waals surface area contributed by atoms with Crippen LogP contribution in [0.1, 0.15) is 20.3 Å². The number of amides is 1. The van der Waals surface area contributed by atoms with Gasteiger partial charge >= 0.3 is 0 Å². The van der Waals surface area contributed by atoms with Crippen LogP contribution in [0.3, 0.4) is 0 Å². The van der Waals surface area contributed by atoms with E-state index in [0.29, 0.717) is 13.0 Å². The minimum atomic E-state index is -0.791. The van der Waals surface area contributed by atoms with Crippen molar-refractivity contribution in [2.75, 3.05) is 32.1 Å². The highest BCUT2D eigenvalue weighted by atomic mass is 16.5. The van der Waals surface area contributed by atoms with Crippen LogP contribution in [0.2, 0.25) is 0 Å². The number of likely N-dealkylation sites (tertiary alicyclic amines) is 1. The Morgan fingerprint density at radius 3 is 2.57 bits per heavy atom. The Morgan fingerprint density at radius 2 is 2.04 bits per heavy atom. The monoisotopic (exact) mass is 322 g/mol. The first-order valence-electron chi connectivity index (χ1n) is 7.88. The fourth-order valence-electron chi connectivity index (χ4n) is 2.86. The molecular weight excluding hydrogens is 296 g/mol. The maximum atomic E-state index is 12.8. The Labute approximate surface area is 137 Å². The summed E-state index contributed by atoms with van der Waals surface area (Å²) in [5.41, 5.74) is 0.0373. The van der Waals surface area contributed by atoms with E-state index in [4.69, 9.17) is 4.74 Å². The summed E-state index contributed by atoms with van der Waals surface area (Å²) in [4.78, 5) is 14.4. The minimum Gasteiger partial charge on any atom is -0.497 e. The van der Waals surface area contributed by atoms with Crippen LogP contribution in [0, 0.1) is 5.92 Å². The molecule has 0 radical (unpaired) electrons. The summed E-state index contributed by atoms with van der Waals surface area (Å²) in [7, 11) is 1.61. The van der Waals surface area contributed by atoms with E-state index in [2.05, 4.69) is 5.32 Å². The van der Waals surface area contributed by atoms with Crippen LogP contribution < -0.4 is 10.1 Å². The van der Waals surface area contributed by atoms with E-state index in [1.54, 1.807) is 12.0 Å².